The highest BCUT2D eigenvalue weighted by atomic mass is 19.1. The fourth-order valence-electron chi connectivity index (χ4n) is 1.90. The Bertz CT molecular complexity index is 490. The second kappa shape index (κ2) is 5.03. The Labute approximate surface area is 103 Å². The smallest absolute Gasteiger partial charge is 0.335 e. The summed E-state index contributed by atoms with van der Waals surface area (Å²) in [6, 6.07) is 3.80. The van der Waals surface area contributed by atoms with Crippen molar-refractivity contribution in [2.24, 2.45) is 0 Å². The molecule has 0 aliphatic carbocycles. The fourth-order valence-corrected chi connectivity index (χ4v) is 1.90. The third kappa shape index (κ3) is 2.58. The van der Waals surface area contributed by atoms with E-state index >= 15 is 0 Å². The minimum atomic E-state index is -1.16. The molecular formula is C12H13FN2O3. The monoisotopic (exact) mass is 252 g/mol. The Morgan fingerprint density at radius 2 is 2.17 bits per heavy atom. The van der Waals surface area contributed by atoms with Gasteiger partial charge in [0.2, 0.25) is 5.91 Å². The molecule has 1 aliphatic rings. The maximum atomic E-state index is 13.8. The van der Waals surface area contributed by atoms with E-state index in [9.17, 15) is 14.0 Å². The number of carbonyl (C=O) groups excluding carboxylic acids is 1. The van der Waals surface area contributed by atoms with Crippen LogP contribution in [0.2, 0.25) is 0 Å². The van der Waals surface area contributed by atoms with Gasteiger partial charge < -0.3 is 15.3 Å². The SMILES string of the molecule is O=C1CCN(c2ccc(C(=O)O)cc2F)CCN1. The van der Waals surface area contributed by atoms with E-state index in [-0.39, 0.29) is 11.5 Å². The van der Waals surface area contributed by atoms with Crippen LogP contribution in [0.15, 0.2) is 18.2 Å². The standard InChI is InChI=1S/C12H13FN2O3/c13-9-7-8(12(17)18)1-2-10(9)15-5-3-11(16)14-4-6-15/h1-2,7H,3-6H2,(H,14,16)(H,17,18). The third-order valence-electron chi connectivity index (χ3n) is 2.85. The van der Waals surface area contributed by atoms with E-state index in [1.807, 2.05) is 0 Å². The quantitative estimate of drug-likeness (QED) is 0.818. The molecule has 1 aliphatic heterocycles. The van der Waals surface area contributed by atoms with Gasteiger partial charge in [-0.25, -0.2) is 9.18 Å². The zero-order valence-corrected chi connectivity index (χ0v) is 9.65. The third-order valence-corrected chi connectivity index (χ3v) is 2.85. The van der Waals surface area contributed by atoms with Crippen molar-refractivity contribution >= 4 is 17.6 Å². The lowest BCUT2D eigenvalue weighted by Gasteiger charge is -2.22. The first-order valence-electron chi connectivity index (χ1n) is 5.62. The lowest BCUT2D eigenvalue weighted by molar-refractivity contribution is -0.120. The molecule has 0 saturated carbocycles. The first-order chi connectivity index (χ1) is 8.58. The molecule has 1 saturated heterocycles. The summed E-state index contributed by atoms with van der Waals surface area (Å²) in [6.45, 7) is 1.39. The Hall–Kier alpha value is -2.11. The van der Waals surface area contributed by atoms with Crippen molar-refractivity contribution in [3.63, 3.8) is 0 Å². The molecular weight excluding hydrogens is 239 g/mol. The van der Waals surface area contributed by atoms with Crippen molar-refractivity contribution in [2.45, 2.75) is 6.42 Å². The first-order valence-corrected chi connectivity index (χ1v) is 5.62. The van der Waals surface area contributed by atoms with Crippen LogP contribution in [0.4, 0.5) is 10.1 Å². The molecule has 0 unspecified atom stereocenters. The van der Waals surface area contributed by atoms with Gasteiger partial charge in [-0.15, -0.1) is 0 Å². The van der Waals surface area contributed by atoms with E-state index in [2.05, 4.69) is 5.32 Å². The molecule has 96 valence electrons. The summed E-state index contributed by atoms with van der Waals surface area (Å²) in [7, 11) is 0. The molecule has 5 nitrogen and oxygen atoms in total. The molecule has 2 rings (SSSR count). The van der Waals surface area contributed by atoms with Crippen LogP contribution in [-0.2, 0) is 4.79 Å². The van der Waals surface area contributed by atoms with Crippen LogP contribution >= 0.6 is 0 Å². The zero-order chi connectivity index (χ0) is 13.1. The highest BCUT2D eigenvalue weighted by Gasteiger charge is 2.17. The average molecular weight is 252 g/mol. The normalized spacial score (nSPS) is 16.1. The van der Waals surface area contributed by atoms with Crippen LogP contribution in [0.5, 0.6) is 0 Å². The molecule has 6 heteroatoms. The summed E-state index contributed by atoms with van der Waals surface area (Å²) in [5.41, 5.74) is 0.247. The zero-order valence-electron chi connectivity index (χ0n) is 9.65. The van der Waals surface area contributed by atoms with Crippen LogP contribution in [0.1, 0.15) is 16.8 Å². The predicted octanol–water partition coefficient (Wildman–Crippen LogP) is 0.850. The summed E-state index contributed by atoms with van der Waals surface area (Å²) in [4.78, 5) is 23.6. The topological polar surface area (TPSA) is 69.6 Å². The van der Waals surface area contributed by atoms with Gasteiger partial charge in [0.05, 0.1) is 11.3 Å². The summed E-state index contributed by atoms with van der Waals surface area (Å²) in [6.07, 6.45) is 0.306. The number of rotatable bonds is 2. The van der Waals surface area contributed by atoms with Gasteiger partial charge in [0.1, 0.15) is 5.82 Å². The maximum absolute atomic E-state index is 13.8. The highest BCUT2D eigenvalue weighted by molar-refractivity contribution is 5.88. The number of carboxylic acid groups (broad SMARTS) is 1. The number of nitrogens with zero attached hydrogens (tertiary/aromatic N) is 1. The molecule has 1 heterocycles. The van der Waals surface area contributed by atoms with Gasteiger partial charge in [0, 0.05) is 26.1 Å². The number of carbonyl (C=O) groups is 2. The van der Waals surface area contributed by atoms with Crippen LogP contribution in [0.25, 0.3) is 0 Å². The molecule has 0 bridgehead atoms. The summed E-state index contributed by atoms with van der Waals surface area (Å²) in [5.74, 6) is -1.79. The van der Waals surface area contributed by atoms with Gasteiger partial charge in [0.25, 0.3) is 0 Å². The number of benzene rings is 1. The first kappa shape index (κ1) is 12.3. The number of halogens is 1. The van der Waals surface area contributed by atoms with Gasteiger partial charge in [0.15, 0.2) is 0 Å². The molecule has 0 radical (unpaired) electrons. The van der Waals surface area contributed by atoms with Crippen molar-refractivity contribution in [2.75, 3.05) is 24.5 Å². The van der Waals surface area contributed by atoms with E-state index < -0.39 is 11.8 Å². The molecule has 0 spiro atoms. The summed E-state index contributed by atoms with van der Waals surface area (Å²) in [5, 5.41) is 11.5. The van der Waals surface area contributed by atoms with E-state index in [0.29, 0.717) is 31.7 Å². The van der Waals surface area contributed by atoms with Crippen molar-refractivity contribution in [1.82, 2.24) is 5.32 Å². The molecule has 18 heavy (non-hydrogen) atoms. The van der Waals surface area contributed by atoms with E-state index in [0.717, 1.165) is 6.07 Å². The van der Waals surface area contributed by atoms with E-state index in [4.69, 9.17) is 5.11 Å². The van der Waals surface area contributed by atoms with Crippen LogP contribution in [0.3, 0.4) is 0 Å². The second-order valence-electron chi connectivity index (χ2n) is 4.06. The molecule has 0 atom stereocenters. The molecule has 1 aromatic carbocycles. The number of anilines is 1. The summed E-state index contributed by atoms with van der Waals surface area (Å²) < 4.78 is 13.8. The van der Waals surface area contributed by atoms with Gasteiger partial charge >= 0.3 is 5.97 Å². The van der Waals surface area contributed by atoms with Gasteiger partial charge in [-0.3, -0.25) is 4.79 Å². The Kier molecular flexibility index (Phi) is 3.45. The van der Waals surface area contributed by atoms with Crippen molar-refractivity contribution < 1.29 is 19.1 Å². The van der Waals surface area contributed by atoms with Gasteiger partial charge in [-0.05, 0) is 18.2 Å². The maximum Gasteiger partial charge on any atom is 0.335 e. The van der Waals surface area contributed by atoms with Gasteiger partial charge in [-0.1, -0.05) is 0 Å². The average Bonchev–Trinajstić information content (AvgIpc) is 2.54. The minimum Gasteiger partial charge on any atom is -0.478 e. The molecule has 1 amide bonds. The van der Waals surface area contributed by atoms with Crippen LogP contribution in [-0.4, -0.2) is 36.6 Å². The van der Waals surface area contributed by atoms with Crippen LogP contribution < -0.4 is 10.2 Å². The number of amides is 1. The van der Waals surface area contributed by atoms with Gasteiger partial charge in [-0.2, -0.15) is 0 Å². The second-order valence-corrected chi connectivity index (χ2v) is 4.06. The fraction of sp³-hybridized carbons (Fsp3) is 0.333. The van der Waals surface area contributed by atoms with Crippen molar-refractivity contribution in [1.29, 1.82) is 0 Å². The van der Waals surface area contributed by atoms with E-state index in [1.165, 1.54) is 12.1 Å². The largest absolute Gasteiger partial charge is 0.478 e. The predicted molar refractivity (Wildman–Crippen MR) is 63.2 cm³/mol. The Balaban J connectivity index is 2.22. The van der Waals surface area contributed by atoms with E-state index in [1.54, 1.807) is 4.90 Å². The highest BCUT2D eigenvalue weighted by Crippen LogP contribution is 2.21. The Morgan fingerprint density at radius 1 is 1.39 bits per heavy atom. The lowest BCUT2D eigenvalue weighted by atomic mass is 10.2. The lowest BCUT2D eigenvalue weighted by Crippen LogP contribution is -2.29. The number of nitrogens with one attached hydrogen (secondary N) is 1. The van der Waals surface area contributed by atoms with Crippen molar-refractivity contribution in [3.05, 3.63) is 29.6 Å². The summed E-state index contributed by atoms with van der Waals surface area (Å²) >= 11 is 0. The molecule has 2 N–H and O–H groups in total. The number of hydrogen-bond donors (Lipinski definition) is 2. The number of hydrogen-bond acceptors (Lipinski definition) is 3. The number of carboxylic acids is 1. The Morgan fingerprint density at radius 3 is 2.83 bits per heavy atom. The minimum absolute atomic E-state index is 0.0555. The molecule has 0 aromatic heterocycles. The van der Waals surface area contributed by atoms with Crippen LogP contribution in [0, 0.1) is 5.82 Å². The molecule has 1 aromatic rings. The molecule has 1 fully saturated rings. The number of aromatic carboxylic acids is 1. The van der Waals surface area contributed by atoms with Crippen molar-refractivity contribution in [3.8, 4) is 0 Å².